The molecule has 0 saturated carbocycles. The molecule has 2 rings (SSSR count). The average Bonchev–Trinajstić information content (AvgIpc) is 2.49. The van der Waals surface area contributed by atoms with E-state index in [2.05, 4.69) is 36.5 Å². The molecule has 0 bridgehead atoms. The van der Waals surface area contributed by atoms with E-state index in [1.165, 1.54) is 0 Å². The molecule has 0 heterocycles. The zero-order valence-corrected chi connectivity index (χ0v) is 12.0. The SMILES string of the molecule is CC=Cc1ccccc1OC(C)CNc1ccccc1. The minimum Gasteiger partial charge on any atom is -0.488 e. The maximum atomic E-state index is 6.01. The number of ether oxygens (including phenoxy) is 1. The van der Waals surface area contributed by atoms with E-state index in [0.717, 1.165) is 23.5 Å². The van der Waals surface area contributed by atoms with Crippen molar-refractivity contribution in [2.24, 2.45) is 0 Å². The Kier molecular flexibility index (Phi) is 5.24. The first-order chi connectivity index (χ1) is 9.79. The van der Waals surface area contributed by atoms with E-state index in [1.807, 2.05) is 49.4 Å². The highest BCUT2D eigenvalue weighted by Crippen LogP contribution is 2.20. The molecule has 1 atom stereocenters. The second-order valence-corrected chi connectivity index (χ2v) is 4.71. The second-order valence-electron chi connectivity index (χ2n) is 4.71. The minimum atomic E-state index is 0.0987. The first kappa shape index (κ1) is 14.2. The first-order valence-electron chi connectivity index (χ1n) is 6.97. The van der Waals surface area contributed by atoms with E-state index < -0.39 is 0 Å². The number of allylic oxidation sites excluding steroid dienone is 1. The van der Waals surface area contributed by atoms with Gasteiger partial charge in [0.2, 0.25) is 0 Å². The normalized spacial score (nSPS) is 12.3. The molecule has 0 saturated heterocycles. The van der Waals surface area contributed by atoms with Gasteiger partial charge in [0.15, 0.2) is 0 Å². The summed E-state index contributed by atoms with van der Waals surface area (Å²) in [6.07, 6.45) is 4.18. The molecule has 0 aliphatic rings. The predicted molar refractivity (Wildman–Crippen MR) is 86.2 cm³/mol. The molecule has 2 heteroatoms. The van der Waals surface area contributed by atoms with Crippen molar-refractivity contribution in [3.63, 3.8) is 0 Å². The molecule has 20 heavy (non-hydrogen) atoms. The van der Waals surface area contributed by atoms with E-state index in [9.17, 15) is 0 Å². The van der Waals surface area contributed by atoms with Gasteiger partial charge in [-0.2, -0.15) is 0 Å². The minimum absolute atomic E-state index is 0.0987. The molecule has 0 amide bonds. The van der Waals surface area contributed by atoms with Crippen molar-refractivity contribution in [1.82, 2.24) is 0 Å². The summed E-state index contributed by atoms with van der Waals surface area (Å²) in [6, 6.07) is 18.3. The van der Waals surface area contributed by atoms with Crippen LogP contribution in [0.2, 0.25) is 0 Å². The summed E-state index contributed by atoms with van der Waals surface area (Å²) >= 11 is 0. The number of hydrogen-bond acceptors (Lipinski definition) is 2. The molecule has 104 valence electrons. The maximum Gasteiger partial charge on any atom is 0.127 e. The smallest absolute Gasteiger partial charge is 0.127 e. The van der Waals surface area contributed by atoms with Gasteiger partial charge in [0.25, 0.3) is 0 Å². The van der Waals surface area contributed by atoms with Crippen LogP contribution >= 0.6 is 0 Å². The Labute approximate surface area is 121 Å². The Morgan fingerprint density at radius 3 is 2.50 bits per heavy atom. The van der Waals surface area contributed by atoms with Crippen LogP contribution in [0.3, 0.4) is 0 Å². The second kappa shape index (κ2) is 7.39. The fourth-order valence-electron chi connectivity index (χ4n) is 1.98. The van der Waals surface area contributed by atoms with Gasteiger partial charge in [-0.1, -0.05) is 48.6 Å². The van der Waals surface area contributed by atoms with E-state index in [-0.39, 0.29) is 6.10 Å². The summed E-state index contributed by atoms with van der Waals surface area (Å²) in [5.74, 6) is 0.924. The van der Waals surface area contributed by atoms with Crippen molar-refractivity contribution >= 4 is 11.8 Å². The van der Waals surface area contributed by atoms with Crippen LogP contribution in [-0.4, -0.2) is 12.6 Å². The monoisotopic (exact) mass is 267 g/mol. The lowest BCUT2D eigenvalue weighted by Gasteiger charge is -2.17. The van der Waals surface area contributed by atoms with Gasteiger partial charge in [-0.3, -0.25) is 0 Å². The van der Waals surface area contributed by atoms with Crippen molar-refractivity contribution < 1.29 is 4.74 Å². The number of benzene rings is 2. The fourth-order valence-corrected chi connectivity index (χ4v) is 1.98. The molecular formula is C18H21NO. The maximum absolute atomic E-state index is 6.01. The van der Waals surface area contributed by atoms with Crippen LogP contribution in [0.25, 0.3) is 6.08 Å². The van der Waals surface area contributed by atoms with Gasteiger partial charge >= 0.3 is 0 Å². The van der Waals surface area contributed by atoms with Crippen LogP contribution in [0.1, 0.15) is 19.4 Å². The number of nitrogens with one attached hydrogen (secondary N) is 1. The van der Waals surface area contributed by atoms with Crippen LogP contribution in [0.4, 0.5) is 5.69 Å². The average molecular weight is 267 g/mol. The molecule has 2 nitrogen and oxygen atoms in total. The van der Waals surface area contributed by atoms with Gasteiger partial charge in [0, 0.05) is 11.3 Å². The van der Waals surface area contributed by atoms with Crippen molar-refractivity contribution in [1.29, 1.82) is 0 Å². The predicted octanol–water partition coefficient (Wildman–Crippen LogP) is 4.60. The summed E-state index contributed by atoms with van der Waals surface area (Å²) in [5, 5.41) is 3.37. The van der Waals surface area contributed by atoms with E-state index in [1.54, 1.807) is 0 Å². The van der Waals surface area contributed by atoms with Gasteiger partial charge < -0.3 is 10.1 Å². The summed E-state index contributed by atoms with van der Waals surface area (Å²) < 4.78 is 6.01. The van der Waals surface area contributed by atoms with Gasteiger partial charge in [0.05, 0.1) is 6.54 Å². The van der Waals surface area contributed by atoms with Crippen molar-refractivity contribution in [2.75, 3.05) is 11.9 Å². The van der Waals surface area contributed by atoms with Crippen molar-refractivity contribution in [2.45, 2.75) is 20.0 Å². The Hall–Kier alpha value is -2.22. The first-order valence-corrected chi connectivity index (χ1v) is 6.97. The Bertz CT molecular complexity index is 548. The van der Waals surface area contributed by atoms with Gasteiger partial charge in [-0.25, -0.2) is 0 Å². The standard InChI is InChI=1S/C18H21NO/c1-3-9-16-10-7-8-13-18(16)20-15(2)14-19-17-11-5-4-6-12-17/h3-13,15,19H,14H2,1-2H3. The highest BCUT2D eigenvalue weighted by Gasteiger charge is 2.06. The van der Waals surface area contributed by atoms with E-state index in [4.69, 9.17) is 4.74 Å². The van der Waals surface area contributed by atoms with Crippen LogP contribution in [-0.2, 0) is 0 Å². The Morgan fingerprint density at radius 1 is 1.05 bits per heavy atom. The van der Waals surface area contributed by atoms with E-state index >= 15 is 0 Å². The highest BCUT2D eigenvalue weighted by atomic mass is 16.5. The number of hydrogen-bond donors (Lipinski definition) is 1. The van der Waals surface area contributed by atoms with Crippen molar-refractivity contribution in [3.05, 3.63) is 66.2 Å². The summed E-state index contributed by atoms with van der Waals surface area (Å²) in [4.78, 5) is 0. The molecular weight excluding hydrogens is 246 g/mol. The third kappa shape index (κ3) is 4.16. The van der Waals surface area contributed by atoms with Gasteiger partial charge in [0.1, 0.15) is 11.9 Å². The lowest BCUT2D eigenvalue weighted by Crippen LogP contribution is -2.22. The Balaban J connectivity index is 1.93. The molecule has 1 unspecified atom stereocenters. The van der Waals surface area contributed by atoms with Gasteiger partial charge in [-0.05, 0) is 32.0 Å². The molecule has 0 radical (unpaired) electrons. The molecule has 0 fully saturated rings. The molecule has 0 spiro atoms. The molecule has 0 aromatic heterocycles. The van der Waals surface area contributed by atoms with Crippen LogP contribution < -0.4 is 10.1 Å². The van der Waals surface area contributed by atoms with Crippen LogP contribution in [0, 0.1) is 0 Å². The van der Waals surface area contributed by atoms with Crippen molar-refractivity contribution in [3.8, 4) is 5.75 Å². The third-order valence-electron chi connectivity index (χ3n) is 2.96. The number of rotatable bonds is 6. The third-order valence-corrected chi connectivity index (χ3v) is 2.96. The zero-order chi connectivity index (χ0) is 14.2. The highest BCUT2D eigenvalue weighted by molar-refractivity contribution is 5.56. The lowest BCUT2D eigenvalue weighted by molar-refractivity contribution is 0.234. The van der Waals surface area contributed by atoms with E-state index in [0.29, 0.717) is 0 Å². The summed E-state index contributed by atoms with van der Waals surface area (Å²) in [6.45, 7) is 4.85. The lowest BCUT2D eigenvalue weighted by atomic mass is 10.2. The molecule has 0 aliphatic carbocycles. The van der Waals surface area contributed by atoms with Gasteiger partial charge in [-0.15, -0.1) is 0 Å². The molecule has 2 aromatic rings. The fraction of sp³-hybridized carbons (Fsp3) is 0.222. The van der Waals surface area contributed by atoms with Crippen LogP contribution in [0.15, 0.2) is 60.7 Å². The largest absolute Gasteiger partial charge is 0.488 e. The molecule has 2 aromatic carbocycles. The molecule has 1 N–H and O–H groups in total. The number of anilines is 1. The number of para-hydroxylation sites is 2. The topological polar surface area (TPSA) is 21.3 Å². The quantitative estimate of drug-likeness (QED) is 0.826. The summed E-state index contributed by atoms with van der Waals surface area (Å²) in [7, 11) is 0. The Morgan fingerprint density at radius 2 is 1.75 bits per heavy atom. The zero-order valence-electron chi connectivity index (χ0n) is 12.0. The molecule has 0 aliphatic heterocycles. The summed E-state index contributed by atoms with van der Waals surface area (Å²) in [5.41, 5.74) is 2.23. The van der Waals surface area contributed by atoms with Crippen LogP contribution in [0.5, 0.6) is 5.75 Å².